The number of thioether (sulfide) groups is 1. The molecule has 150 valence electrons. The molecule has 2 aromatic heterocycles. The number of carbonyl (C=O) groups is 1. The molecule has 8 heteroatoms. The van der Waals surface area contributed by atoms with E-state index in [2.05, 4.69) is 10.3 Å². The highest BCUT2D eigenvalue weighted by atomic mass is 32.2. The maximum atomic E-state index is 12.9. The number of halogens is 1. The summed E-state index contributed by atoms with van der Waals surface area (Å²) < 4.78 is 14.7. The lowest BCUT2D eigenvalue weighted by atomic mass is 10.2. The second-order valence-corrected chi connectivity index (χ2v) is 8.83. The number of benzene rings is 1. The van der Waals surface area contributed by atoms with E-state index in [1.54, 1.807) is 28.0 Å². The molecular weight excluding hydrogens is 409 g/mol. The van der Waals surface area contributed by atoms with E-state index in [0.717, 1.165) is 41.0 Å². The minimum absolute atomic E-state index is 0.143. The second-order valence-electron chi connectivity index (χ2n) is 6.84. The Morgan fingerprint density at radius 1 is 1.24 bits per heavy atom. The Hall–Kier alpha value is -2.45. The van der Waals surface area contributed by atoms with E-state index in [9.17, 15) is 14.0 Å². The van der Waals surface area contributed by atoms with Gasteiger partial charge in [0.1, 0.15) is 10.8 Å². The zero-order chi connectivity index (χ0) is 20.2. The van der Waals surface area contributed by atoms with Gasteiger partial charge in [0, 0.05) is 22.7 Å². The van der Waals surface area contributed by atoms with Gasteiger partial charge in [-0.05, 0) is 48.4 Å². The van der Waals surface area contributed by atoms with Crippen LogP contribution in [0.2, 0.25) is 0 Å². The summed E-state index contributed by atoms with van der Waals surface area (Å²) in [5.74, 6) is -0.255. The maximum Gasteiger partial charge on any atom is 0.349 e. The molecule has 1 N–H and O–H groups in total. The molecule has 2 heterocycles. The van der Waals surface area contributed by atoms with Crippen molar-refractivity contribution in [3.63, 3.8) is 0 Å². The third-order valence-corrected chi connectivity index (χ3v) is 6.72. The number of fused-ring (bicyclic) bond motifs is 1. The summed E-state index contributed by atoms with van der Waals surface area (Å²) in [6, 6.07) is 10.0. The lowest BCUT2D eigenvalue weighted by Crippen LogP contribution is -2.28. The zero-order valence-corrected chi connectivity index (χ0v) is 17.3. The van der Waals surface area contributed by atoms with Gasteiger partial charge in [0.05, 0.1) is 12.3 Å². The molecule has 0 bridgehead atoms. The number of aromatic nitrogens is 2. The van der Waals surface area contributed by atoms with Crippen LogP contribution in [0.4, 0.5) is 4.39 Å². The highest BCUT2D eigenvalue weighted by Crippen LogP contribution is 2.29. The van der Waals surface area contributed by atoms with Crippen molar-refractivity contribution >= 4 is 29.0 Å². The molecule has 0 saturated heterocycles. The molecule has 0 atom stereocenters. The van der Waals surface area contributed by atoms with Crippen LogP contribution in [-0.2, 0) is 30.7 Å². The third-order valence-electron chi connectivity index (χ3n) is 4.84. The molecule has 4 rings (SSSR count). The zero-order valence-electron chi connectivity index (χ0n) is 15.7. The Bertz CT molecular complexity index is 1060. The Morgan fingerprint density at radius 2 is 2.07 bits per heavy atom. The van der Waals surface area contributed by atoms with Crippen molar-refractivity contribution in [1.82, 2.24) is 14.9 Å². The van der Waals surface area contributed by atoms with Crippen molar-refractivity contribution in [2.24, 2.45) is 0 Å². The number of rotatable bonds is 7. The first-order chi connectivity index (χ1) is 14.1. The fourth-order valence-electron chi connectivity index (χ4n) is 3.41. The molecule has 1 aliphatic rings. The van der Waals surface area contributed by atoms with Gasteiger partial charge in [-0.2, -0.15) is 4.98 Å². The fourth-order valence-corrected chi connectivity index (χ4v) is 5.01. The van der Waals surface area contributed by atoms with Crippen LogP contribution in [0.5, 0.6) is 0 Å². The van der Waals surface area contributed by atoms with E-state index in [1.165, 1.54) is 23.9 Å². The number of hydrogen-bond donors (Lipinski definition) is 1. The largest absolute Gasteiger partial charge is 0.351 e. The minimum Gasteiger partial charge on any atom is -0.351 e. The highest BCUT2D eigenvalue weighted by Gasteiger charge is 2.22. The van der Waals surface area contributed by atoms with Gasteiger partial charge in [-0.25, -0.2) is 9.18 Å². The average Bonchev–Trinajstić information content (AvgIpc) is 3.40. The van der Waals surface area contributed by atoms with Crippen molar-refractivity contribution in [3.05, 3.63) is 79.8 Å². The molecule has 1 aromatic carbocycles. The van der Waals surface area contributed by atoms with E-state index in [4.69, 9.17) is 0 Å². The lowest BCUT2D eigenvalue weighted by Gasteiger charge is -2.13. The maximum absolute atomic E-state index is 12.9. The van der Waals surface area contributed by atoms with Crippen LogP contribution < -0.4 is 11.0 Å². The first-order valence-corrected chi connectivity index (χ1v) is 11.3. The van der Waals surface area contributed by atoms with Crippen LogP contribution in [0.15, 0.2) is 51.6 Å². The van der Waals surface area contributed by atoms with Crippen molar-refractivity contribution < 1.29 is 9.18 Å². The Labute approximate surface area is 176 Å². The second kappa shape index (κ2) is 8.92. The molecule has 29 heavy (non-hydrogen) atoms. The topological polar surface area (TPSA) is 64.0 Å². The summed E-state index contributed by atoms with van der Waals surface area (Å²) in [5, 5.41) is 5.49. The molecule has 0 aliphatic heterocycles. The highest BCUT2D eigenvalue weighted by molar-refractivity contribution is 7.99. The van der Waals surface area contributed by atoms with Gasteiger partial charge in [-0.15, -0.1) is 11.3 Å². The fraction of sp³-hybridized carbons (Fsp3) is 0.286. The molecule has 0 saturated carbocycles. The smallest absolute Gasteiger partial charge is 0.349 e. The summed E-state index contributed by atoms with van der Waals surface area (Å²) in [5.41, 5.74) is 2.72. The van der Waals surface area contributed by atoms with E-state index < -0.39 is 0 Å². The molecule has 1 amide bonds. The van der Waals surface area contributed by atoms with Crippen LogP contribution in [-0.4, -0.2) is 21.2 Å². The Balaban J connectivity index is 1.42. The van der Waals surface area contributed by atoms with E-state index >= 15 is 0 Å². The quantitative estimate of drug-likeness (QED) is 0.462. The van der Waals surface area contributed by atoms with E-state index in [1.807, 2.05) is 17.5 Å². The first kappa shape index (κ1) is 19.8. The SMILES string of the molecule is O=C(CSc1nc(=O)n(Cc2cccs2)c2c1CCC2)NCc1ccc(F)cc1. The van der Waals surface area contributed by atoms with Gasteiger partial charge in [0.15, 0.2) is 0 Å². The molecule has 3 aromatic rings. The van der Waals surface area contributed by atoms with Gasteiger partial charge in [0.2, 0.25) is 5.91 Å². The monoisotopic (exact) mass is 429 g/mol. The van der Waals surface area contributed by atoms with Crippen LogP contribution in [0, 0.1) is 5.82 Å². The van der Waals surface area contributed by atoms with Gasteiger partial charge in [-0.3, -0.25) is 9.36 Å². The summed E-state index contributed by atoms with van der Waals surface area (Å²) in [4.78, 5) is 30.2. The summed E-state index contributed by atoms with van der Waals surface area (Å²) in [6.45, 7) is 0.891. The number of hydrogen-bond acceptors (Lipinski definition) is 5. The van der Waals surface area contributed by atoms with Crippen molar-refractivity contribution in [2.75, 3.05) is 5.75 Å². The molecule has 0 fully saturated rings. The number of nitrogens with one attached hydrogen (secondary N) is 1. The molecule has 5 nitrogen and oxygen atoms in total. The summed E-state index contributed by atoms with van der Waals surface area (Å²) in [7, 11) is 0. The number of amides is 1. The molecule has 0 unspecified atom stereocenters. The van der Waals surface area contributed by atoms with E-state index in [0.29, 0.717) is 18.1 Å². The number of thiophene rings is 1. The molecular formula is C21H20FN3O2S2. The van der Waals surface area contributed by atoms with E-state index in [-0.39, 0.29) is 23.2 Å². The Morgan fingerprint density at radius 3 is 2.83 bits per heavy atom. The first-order valence-electron chi connectivity index (χ1n) is 9.39. The van der Waals surface area contributed by atoms with Crippen LogP contribution in [0.1, 0.15) is 28.1 Å². The predicted molar refractivity (Wildman–Crippen MR) is 113 cm³/mol. The van der Waals surface area contributed by atoms with Gasteiger partial charge >= 0.3 is 5.69 Å². The standard InChI is InChI=1S/C21H20FN3O2S2/c22-15-8-6-14(7-9-15)11-23-19(26)13-29-20-17-4-1-5-18(17)25(21(27)24-20)12-16-3-2-10-28-16/h2-3,6-10H,1,4-5,11-13H2,(H,23,26). The van der Waals surface area contributed by atoms with Crippen molar-refractivity contribution in [3.8, 4) is 0 Å². The van der Waals surface area contributed by atoms with Crippen molar-refractivity contribution in [2.45, 2.75) is 37.4 Å². The normalized spacial score (nSPS) is 12.7. The molecule has 0 spiro atoms. The van der Waals surface area contributed by atoms with Gasteiger partial charge < -0.3 is 5.32 Å². The summed E-state index contributed by atoms with van der Waals surface area (Å²) in [6.07, 6.45) is 2.74. The number of carbonyl (C=O) groups excluding carboxylic acids is 1. The average molecular weight is 430 g/mol. The van der Waals surface area contributed by atoms with Crippen LogP contribution in [0.3, 0.4) is 0 Å². The van der Waals surface area contributed by atoms with Crippen LogP contribution >= 0.6 is 23.1 Å². The number of nitrogens with zero attached hydrogens (tertiary/aromatic N) is 2. The Kier molecular flexibility index (Phi) is 6.10. The lowest BCUT2D eigenvalue weighted by molar-refractivity contribution is -0.118. The van der Waals surface area contributed by atoms with Gasteiger partial charge in [0.25, 0.3) is 0 Å². The third kappa shape index (κ3) is 4.76. The van der Waals surface area contributed by atoms with Crippen LogP contribution in [0.25, 0.3) is 0 Å². The van der Waals surface area contributed by atoms with Crippen molar-refractivity contribution in [1.29, 1.82) is 0 Å². The minimum atomic E-state index is -0.302. The molecule has 0 radical (unpaired) electrons. The van der Waals surface area contributed by atoms with Gasteiger partial charge in [-0.1, -0.05) is 30.0 Å². The molecule has 1 aliphatic carbocycles. The predicted octanol–water partition coefficient (Wildman–Crippen LogP) is 3.39. The summed E-state index contributed by atoms with van der Waals surface area (Å²) >= 11 is 2.94.